The molecule has 0 aliphatic carbocycles. The SMILES string of the molecule is CN(C)CCN(C)C(=O)Nc1ccc(CCC(=O)O)cc1. The van der Waals surface area contributed by atoms with Gasteiger partial charge in [-0.05, 0) is 38.2 Å². The van der Waals surface area contributed by atoms with E-state index in [0.29, 0.717) is 18.7 Å². The van der Waals surface area contributed by atoms with Gasteiger partial charge in [-0.25, -0.2) is 4.79 Å². The summed E-state index contributed by atoms with van der Waals surface area (Å²) >= 11 is 0. The Bertz CT molecular complexity index is 472. The second-order valence-corrected chi connectivity index (χ2v) is 5.25. The Morgan fingerprint density at radius 3 is 2.24 bits per heavy atom. The normalized spacial score (nSPS) is 10.5. The number of carboxylic acids is 1. The fourth-order valence-corrected chi connectivity index (χ4v) is 1.68. The molecule has 1 rings (SSSR count). The first kappa shape index (κ1) is 17.0. The van der Waals surface area contributed by atoms with Crippen LogP contribution in [0.25, 0.3) is 0 Å². The van der Waals surface area contributed by atoms with E-state index in [1.807, 2.05) is 31.1 Å². The molecule has 21 heavy (non-hydrogen) atoms. The van der Waals surface area contributed by atoms with Gasteiger partial charge in [0.2, 0.25) is 0 Å². The number of aryl methyl sites for hydroxylation is 1. The minimum Gasteiger partial charge on any atom is -0.481 e. The number of hydrogen-bond acceptors (Lipinski definition) is 3. The van der Waals surface area contributed by atoms with Crippen LogP contribution in [0.2, 0.25) is 0 Å². The molecular weight excluding hydrogens is 270 g/mol. The third-order valence-electron chi connectivity index (χ3n) is 3.06. The molecule has 0 unspecified atom stereocenters. The van der Waals surface area contributed by atoms with Crippen LogP contribution in [0.3, 0.4) is 0 Å². The molecule has 0 aliphatic heterocycles. The Morgan fingerprint density at radius 1 is 1.10 bits per heavy atom. The van der Waals surface area contributed by atoms with Crippen LogP contribution in [0.1, 0.15) is 12.0 Å². The standard InChI is InChI=1S/C15H23N3O3/c1-17(2)10-11-18(3)15(21)16-13-7-4-12(5-8-13)6-9-14(19)20/h4-5,7-8H,6,9-11H2,1-3H3,(H,16,21)(H,19,20). The van der Waals surface area contributed by atoms with E-state index in [1.165, 1.54) is 0 Å². The molecule has 0 radical (unpaired) electrons. The number of anilines is 1. The van der Waals surface area contributed by atoms with E-state index < -0.39 is 5.97 Å². The summed E-state index contributed by atoms with van der Waals surface area (Å²) in [5.41, 5.74) is 1.65. The van der Waals surface area contributed by atoms with Gasteiger partial charge in [-0.3, -0.25) is 4.79 Å². The van der Waals surface area contributed by atoms with Gasteiger partial charge in [-0.2, -0.15) is 0 Å². The van der Waals surface area contributed by atoms with Crippen LogP contribution in [0.4, 0.5) is 10.5 Å². The molecule has 0 fully saturated rings. The highest BCUT2D eigenvalue weighted by molar-refractivity contribution is 5.89. The minimum atomic E-state index is -0.810. The number of hydrogen-bond donors (Lipinski definition) is 2. The molecule has 0 saturated heterocycles. The summed E-state index contributed by atoms with van der Waals surface area (Å²) in [6.07, 6.45) is 0.602. The highest BCUT2D eigenvalue weighted by atomic mass is 16.4. The topological polar surface area (TPSA) is 72.9 Å². The lowest BCUT2D eigenvalue weighted by molar-refractivity contribution is -0.136. The van der Waals surface area contributed by atoms with E-state index in [9.17, 15) is 9.59 Å². The highest BCUT2D eigenvalue weighted by Crippen LogP contribution is 2.11. The molecule has 1 aromatic carbocycles. The molecule has 6 nitrogen and oxygen atoms in total. The summed E-state index contributed by atoms with van der Waals surface area (Å²) < 4.78 is 0. The summed E-state index contributed by atoms with van der Waals surface area (Å²) in [6, 6.07) is 7.08. The first-order chi connectivity index (χ1) is 9.88. The predicted octanol–water partition coefficient (Wildman–Crippen LogP) is 1.73. The second kappa shape index (κ2) is 8.26. The predicted molar refractivity (Wildman–Crippen MR) is 82.6 cm³/mol. The van der Waals surface area contributed by atoms with E-state index >= 15 is 0 Å². The molecule has 0 aliphatic rings. The fourth-order valence-electron chi connectivity index (χ4n) is 1.68. The number of likely N-dealkylation sites (N-methyl/N-ethyl adjacent to an activating group) is 2. The molecule has 0 bridgehead atoms. The van der Waals surface area contributed by atoms with Gasteiger partial charge in [0.25, 0.3) is 0 Å². The first-order valence-electron chi connectivity index (χ1n) is 6.86. The van der Waals surface area contributed by atoms with Gasteiger partial charge < -0.3 is 20.2 Å². The fraction of sp³-hybridized carbons (Fsp3) is 0.467. The molecule has 0 atom stereocenters. The lowest BCUT2D eigenvalue weighted by atomic mass is 10.1. The molecule has 0 heterocycles. The van der Waals surface area contributed by atoms with Crippen LogP contribution in [0.15, 0.2) is 24.3 Å². The summed E-state index contributed by atoms with van der Waals surface area (Å²) in [5.74, 6) is -0.810. The van der Waals surface area contributed by atoms with E-state index in [2.05, 4.69) is 5.32 Å². The number of urea groups is 1. The van der Waals surface area contributed by atoms with Crippen molar-refractivity contribution < 1.29 is 14.7 Å². The van der Waals surface area contributed by atoms with Crippen molar-refractivity contribution in [1.29, 1.82) is 0 Å². The number of aliphatic carboxylic acids is 1. The van der Waals surface area contributed by atoms with Crippen LogP contribution in [0, 0.1) is 0 Å². The molecular formula is C15H23N3O3. The Kier molecular flexibility index (Phi) is 6.68. The smallest absolute Gasteiger partial charge is 0.321 e. The van der Waals surface area contributed by atoms with Crippen molar-refractivity contribution in [3.05, 3.63) is 29.8 Å². The number of carbonyl (C=O) groups is 2. The largest absolute Gasteiger partial charge is 0.481 e. The van der Waals surface area contributed by atoms with Gasteiger partial charge in [0.15, 0.2) is 0 Å². The molecule has 2 amide bonds. The zero-order chi connectivity index (χ0) is 15.8. The zero-order valence-corrected chi connectivity index (χ0v) is 12.8. The van der Waals surface area contributed by atoms with E-state index in [1.54, 1.807) is 24.1 Å². The maximum atomic E-state index is 11.9. The van der Waals surface area contributed by atoms with Gasteiger partial charge in [-0.15, -0.1) is 0 Å². The Hall–Kier alpha value is -2.08. The Labute approximate surface area is 125 Å². The van der Waals surface area contributed by atoms with Crippen molar-refractivity contribution in [2.24, 2.45) is 0 Å². The molecule has 6 heteroatoms. The van der Waals surface area contributed by atoms with E-state index in [4.69, 9.17) is 5.11 Å². The van der Waals surface area contributed by atoms with Crippen molar-refractivity contribution >= 4 is 17.7 Å². The average Bonchev–Trinajstić information content (AvgIpc) is 2.43. The van der Waals surface area contributed by atoms with Crippen molar-refractivity contribution in [3.8, 4) is 0 Å². The number of carboxylic acid groups (broad SMARTS) is 1. The lowest BCUT2D eigenvalue weighted by Gasteiger charge is -2.20. The Morgan fingerprint density at radius 2 is 1.71 bits per heavy atom. The Balaban J connectivity index is 2.47. The molecule has 0 aromatic heterocycles. The second-order valence-electron chi connectivity index (χ2n) is 5.25. The number of nitrogens with zero attached hydrogens (tertiary/aromatic N) is 2. The third-order valence-corrected chi connectivity index (χ3v) is 3.06. The number of amides is 2. The van der Waals surface area contributed by atoms with Crippen LogP contribution in [0.5, 0.6) is 0 Å². The quantitative estimate of drug-likeness (QED) is 0.803. The number of nitrogens with one attached hydrogen (secondary N) is 1. The van der Waals surface area contributed by atoms with Crippen molar-refractivity contribution in [2.75, 3.05) is 39.5 Å². The third kappa shape index (κ3) is 6.76. The number of benzene rings is 1. The first-order valence-corrected chi connectivity index (χ1v) is 6.86. The lowest BCUT2D eigenvalue weighted by Crippen LogP contribution is -2.36. The number of rotatable bonds is 7. The average molecular weight is 293 g/mol. The zero-order valence-electron chi connectivity index (χ0n) is 12.8. The van der Waals surface area contributed by atoms with Gasteiger partial charge in [0.1, 0.15) is 0 Å². The van der Waals surface area contributed by atoms with Crippen LogP contribution < -0.4 is 5.32 Å². The summed E-state index contributed by atoms with van der Waals surface area (Å²) in [5, 5.41) is 11.4. The van der Waals surface area contributed by atoms with Gasteiger partial charge in [0, 0.05) is 32.2 Å². The van der Waals surface area contributed by atoms with Crippen molar-refractivity contribution in [1.82, 2.24) is 9.80 Å². The summed E-state index contributed by atoms with van der Waals surface area (Å²) in [7, 11) is 5.67. The number of carbonyl (C=O) groups excluding carboxylic acids is 1. The minimum absolute atomic E-state index is 0.110. The van der Waals surface area contributed by atoms with Gasteiger partial charge in [0.05, 0.1) is 0 Å². The molecule has 0 saturated carbocycles. The van der Waals surface area contributed by atoms with Crippen LogP contribution in [-0.4, -0.2) is 61.1 Å². The molecule has 0 spiro atoms. The maximum Gasteiger partial charge on any atom is 0.321 e. The highest BCUT2D eigenvalue weighted by Gasteiger charge is 2.08. The van der Waals surface area contributed by atoms with E-state index in [0.717, 1.165) is 12.1 Å². The monoisotopic (exact) mass is 293 g/mol. The van der Waals surface area contributed by atoms with Crippen LogP contribution in [-0.2, 0) is 11.2 Å². The molecule has 116 valence electrons. The van der Waals surface area contributed by atoms with Crippen molar-refractivity contribution in [3.63, 3.8) is 0 Å². The molecule has 1 aromatic rings. The van der Waals surface area contributed by atoms with Gasteiger partial charge >= 0.3 is 12.0 Å². The van der Waals surface area contributed by atoms with Crippen LogP contribution >= 0.6 is 0 Å². The van der Waals surface area contributed by atoms with Crippen molar-refractivity contribution in [2.45, 2.75) is 12.8 Å². The van der Waals surface area contributed by atoms with E-state index in [-0.39, 0.29) is 12.5 Å². The van der Waals surface area contributed by atoms with Gasteiger partial charge in [-0.1, -0.05) is 12.1 Å². The maximum absolute atomic E-state index is 11.9. The molecule has 2 N–H and O–H groups in total. The summed E-state index contributed by atoms with van der Waals surface area (Å²) in [4.78, 5) is 26.1. The summed E-state index contributed by atoms with van der Waals surface area (Å²) in [6.45, 7) is 1.45.